The first-order valence-electron chi connectivity index (χ1n) is 4.82. The summed E-state index contributed by atoms with van der Waals surface area (Å²) in [5.74, 6) is -1.17. The Labute approximate surface area is 113 Å². The molecule has 0 saturated heterocycles. The molecule has 0 fully saturated rings. The van der Waals surface area contributed by atoms with Crippen LogP contribution in [0.5, 0.6) is 0 Å². The molecule has 1 atom stereocenters. The average molecular weight is 346 g/mol. The Balaban J connectivity index is 2.57. The SMILES string of the molecule is C=CC(=O)OC(C)OC(=O)c1ccc(I)cc1. The number of hydrogen-bond acceptors (Lipinski definition) is 4. The number of hydrogen-bond donors (Lipinski definition) is 0. The standard InChI is InChI=1S/C12H11IO4/c1-3-11(14)16-8(2)17-12(15)9-4-6-10(13)7-5-9/h3-8H,1H2,2H3. The van der Waals surface area contributed by atoms with Crippen molar-refractivity contribution < 1.29 is 19.1 Å². The van der Waals surface area contributed by atoms with Crippen molar-refractivity contribution in [3.05, 3.63) is 46.1 Å². The molecule has 0 aliphatic heterocycles. The molecule has 0 spiro atoms. The molecule has 0 saturated carbocycles. The highest BCUT2D eigenvalue weighted by atomic mass is 127. The molecule has 0 aromatic heterocycles. The lowest BCUT2D eigenvalue weighted by atomic mass is 10.2. The van der Waals surface area contributed by atoms with Gasteiger partial charge in [0.25, 0.3) is 0 Å². The van der Waals surface area contributed by atoms with Gasteiger partial charge < -0.3 is 9.47 Å². The molecule has 1 aromatic rings. The summed E-state index contributed by atoms with van der Waals surface area (Å²) in [6.45, 7) is 4.71. The number of esters is 2. The highest BCUT2D eigenvalue weighted by Crippen LogP contribution is 2.09. The topological polar surface area (TPSA) is 52.6 Å². The van der Waals surface area contributed by atoms with Crippen molar-refractivity contribution in [3.63, 3.8) is 0 Å². The molecule has 90 valence electrons. The van der Waals surface area contributed by atoms with Crippen LogP contribution in [0, 0.1) is 3.57 Å². The van der Waals surface area contributed by atoms with Crippen molar-refractivity contribution >= 4 is 34.5 Å². The molecule has 1 unspecified atom stereocenters. The molecule has 0 bridgehead atoms. The van der Waals surface area contributed by atoms with Crippen LogP contribution in [0.15, 0.2) is 36.9 Å². The molecular formula is C12H11IO4. The molecule has 0 amide bonds. The van der Waals surface area contributed by atoms with Crippen LogP contribution in [0.25, 0.3) is 0 Å². The number of benzene rings is 1. The van der Waals surface area contributed by atoms with Gasteiger partial charge >= 0.3 is 11.9 Å². The zero-order chi connectivity index (χ0) is 12.8. The van der Waals surface area contributed by atoms with Crippen molar-refractivity contribution in [3.8, 4) is 0 Å². The molecule has 17 heavy (non-hydrogen) atoms. The van der Waals surface area contributed by atoms with E-state index in [0.717, 1.165) is 9.65 Å². The van der Waals surface area contributed by atoms with Crippen LogP contribution in [0.1, 0.15) is 17.3 Å². The van der Waals surface area contributed by atoms with Crippen LogP contribution >= 0.6 is 22.6 Å². The lowest BCUT2D eigenvalue weighted by molar-refractivity contribution is -0.159. The summed E-state index contributed by atoms with van der Waals surface area (Å²) >= 11 is 2.13. The highest BCUT2D eigenvalue weighted by Gasteiger charge is 2.13. The molecule has 5 heteroatoms. The quantitative estimate of drug-likeness (QED) is 0.364. The van der Waals surface area contributed by atoms with E-state index in [-0.39, 0.29) is 0 Å². The maximum absolute atomic E-state index is 11.6. The number of carbonyl (C=O) groups excluding carboxylic acids is 2. The van der Waals surface area contributed by atoms with Gasteiger partial charge in [0.05, 0.1) is 5.56 Å². The van der Waals surface area contributed by atoms with E-state index in [2.05, 4.69) is 29.2 Å². The van der Waals surface area contributed by atoms with E-state index in [0.29, 0.717) is 5.56 Å². The Morgan fingerprint density at radius 1 is 1.29 bits per heavy atom. The van der Waals surface area contributed by atoms with E-state index in [1.807, 2.05) is 0 Å². The number of rotatable bonds is 4. The molecule has 0 radical (unpaired) electrons. The zero-order valence-electron chi connectivity index (χ0n) is 9.18. The summed E-state index contributed by atoms with van der Waals surface area (Å²) < 4.78 is 10.6. The number of ether oxygens (including phenoxy) is 2. The fourth-order valence-corrected chi connectivity index (χ4v) is 1.40. The van der Waals surface area contributed by atoms with Crippen LogP contribution in [0.4, 0.5) is 0 Å². The molecule has 1 aromatic carbocycles. The van der Waals surface area contributed by atoms with E-state index in [9.17, 15) is 9.59 Å². The van der Waals surface area contributed by atoms with Crippen LogP contribution in [0.2, 0.25) is 0 Å². The van der Waals surface area contributed by atoms with Gasteiger partial charge in [0.15, 0.2) is 0 Å². The summed E-state index contributed by atoms with van der Waals surface area (Å²) in [6, 6.07) is 6.87. The second-order valence-corrected chi connectivity index (χ2v) is 4.37. The van der Waals surface area contributed by atoms with Gasteiger partial charge in [-0.2, -0.15) is 0 Å². The van der Waals surface area contributed by atoms with Crippen LogP contribution in [-0.4, -0.2) is 18.2 Å². The van der Waals surface area contributed by atoms with Gasteiger partial charge in [-0.3, -0.25) is 0 Å². The largest absolute Gasteiger partial charge is 0.422 e. The maximum atomic E-state index is 11.6. The summed E-state index contributed by atoms with van der Waals surface area (Å²) in [5.41, 5.74) is 0.409. The fourth-order valence-electron chi connectivity index (χ4n) is 1.04. The van der Waals surface area contributed by atoms with Gasteiger partial charge in [0, 0.05) is 16.6 Å². The molecule has 0 heterocycles. The summed E-state index contributed by atoms with van der Waals surface area (Å²) in [4.78, 5) is 22.4. The minimum Gasteiger partial charge on any atom is -0.422 e. The molecule has 0 N–H and O–H groups in total. The second kappa shape index (κ2) is 6.39. The van der Waals surface area contributed by atoms with Gasteiger partial charge in [0.1, 0.15) is 0 Å². The van der Waals surface area contributed by atoms with Gasteiger partial charge in [-0.1, -0.05) is 6.58 Å². The first-order chi connectivity index (χ1) is 8.02. The molecule has 0 aliphatic carbocycles. The third kappa shape index (κ3) is 4.56. The Kier molecular flexibility index (Phi) is 5.14. The number of carbonyl (C=O) groups is 2. The minimum atomic E-state index is -0.938. The lowest BCUT2D eigenvalue weighted by Gasteiger charge is -2.12. The van der Waals surface area contributed by atoms with Gasteiger partial charge in [-0.15, -0.1) is 0 Å². The summed E-state index contributed by atoms with van der Waals surface area (Å²) in [6.07, 6.45) is 0.0714. The Morgan fingerprint density at radius 3 is 2.41 bits per heavy atom. The molecule has 0 aliphatic rings. The van der Waals surface area contributed by atoms with Crippen LogP contribution in [-0.2, 0) is 14.3 Å². The van der Waals surface area contributed by atoms with E-state index >= 15 is 0 Å². The van der Waals surface area contributed by atoms with Crippen LogP contribution < -0.4 is 0 Å². The van der Waals surface area contributed by atoms with Gasteiger partial charge in [-0.05, 0) is 46.9 Å². The first-order valence-corrected chi connectivity index (χ1v) is 5.90. The number of halogens is 1. The van der Waals surface area contributed by atoms with Gasteiger partial charge in [-0.25, -0.2) is 9.59 Å². The zero-order valence-corrected chi connectivity index (χ0v) is 11.3. The van der Waals surface area contributed by atoms with E-state index in [1.165, 1.54) is 6.92 Å². The average Bonchev–Trinajstić information content (AvgIpc) is 2.29. The van der Waals surface area contributed by atoms with Crippen molar-refractivity contribution in [1.29, 1.82) is 0 Å². The van der Waals surface area contributed by atoms with Crippen molar-refractivity contribution in [2.75, 3.05) is 0 Å². The third-order valence-corrected chi connectivity index (χ3v) is 2.52. The first kappa shape index (κ1) is 13.7. The van der Waals surface area contributed by atoms with Crippen molar-refractivity contribution in [2.45, 2.75) is 13.2 Å². The van der Waals surface area contributed by atoms with Crippen molar-refractivity contribution in [1.82, 2.24) is 0 Å². The Hall–Kier alpha value is -1.37. The molecule has 1 rings (SSSR count). The highest BCUT2D eigenvalue weighted by molar-refractivity contribution is 14.1. The third-order valence-electron chi connectivity index (χ3n) is 1.80. The predicted molar refractivity (Wildman–Crippen MR) is 70.3 cm³/mol. The van der Waals surface area contributed by atoms with E-state index in [4.69, 9.17) is 9.47 Å². The lowest BCUT2D eigenvalue weighted by Crippen LogP contribution is -2.20. The van der Waals surface area contributed by atoms with Gasteiger partial charge in [0.2, 0.25) is 6.29 Å². The predicted octanol–water partition coefficient (Wildman–Crippen LogP) is 2.52. The summed E-state index contributed by atoms with van der Waals surface area (Å²) in [5, 5.41) is 0. The second-order valence-electron chi connectivity index (χ2n) is 3.12. The summed E-state index contributed by atoms with van der Waals surface area (Å²) in [7, 11) is 0. The van der Waals surface area contributed by atoms with Crippen LogP contribution in [0.3, 0.4) is 0 Å². The monoisotopic (exact) mass is 346 g/mol. The maximum Gasteiger partial charge on any atom is 0.341 e. The normalized spacial score (nSPS) is 11.4. The van der Waals surface area contributed by atoms with Crippen molar-refractivity contribution in [2.24, 2.45) is 0 Å². The fraction of sp³-hybridized carbons (Fsp3) is 0.167. The smallest absolute Gasteiger partial charge is 0.341 e. The van der Waals surface area contributed by atoms with E-state index in [1.54, 1.807) is 24.3 Å². The Bertz CT molecular complexity index is 425. The molecular weight excluding hydrogens is 335 g/mol. The minimum absolute atomic E-state index is 0.409. The van der Waals surface area contributed by atoms with E-state index < -0.39 is 18.2 Å². The molecule has 4 nitrogen and oxygen atoms in total. The Morgan fingerprint density at radius 2 is 1.88 bits per heavy atom.